The second-order valence-corrected chi connectivity index (χ2v) is 9.95. The Morgan fingerprint density at radius 3 is 2.19 bits per heavy atom. The van der Waals surface area contributed by atoms with E-state index in [1.54, 1.807) is 12.1 Å². The summed E-state index contributed by atoms with van der Waals surface area (Å²) in [5.41, 5.74) is 0.475. The molecule has 3 rings (SSSR count). The van der Waals surface area contributed by atoms with Crippen molar-refractivity contribution >= 4 is 50.8 Å². The molecule has 0 aliphatic heterocycles. The minimum absolute atomic E-state index is 0.145. The predicted molar refractivity (Wildman–Crippen MR) is 130 cm³/mol. The van der Waals surface area contributed by atoms with Crippen LogP contribution in [-0.4, -0.2) is 43.4 Å². The Morgan fingerprint density at radius 2 is 1.58 bits per heavy atom. The number of hydrogen-bond donors (Lipinski definition) is 3. The number of halogens is 2. The average molecular weight is 535 g/mol. The highest BCUT2D eigenvalue weighted by Gasteiger charge is 2.34. The first kappa shape index (κ1) is 26.6. The molecule has 0 spiro atoms. The summed E-state index contributed by atoms with van der Waals surface area (Å²) in [6, 6.07) is 16.4. The molecule has 1 atom stereocenters. The van der Waals surface area contributed by atoms with E-state index in [9.17, 15) is 32.3 Å². The van der Waals surface area contributed by atoms with Crippen molar-refractivity contribution in [2.45, 2.75) is 16.6 Å². The molecule has 3 aromatic carbocycles. The Kier molecular flexibility index (Phi) is 8.62. The minimum Gasteiger partial charge on any atom is -0.480 e. The number of hydrogen-bond acceptors (Lipinski definition) is 6. The third kappa shape index (κ3) is 6.80. The van der Waals surface area contributed by atoms with Crippen molar-refractivity contribution in [3.05, 3.63) is 89.2 Å². The van der Waals surface area contributed by atoms with Gasteiger partial charge in [0.05, 0.1) is 17.2 Å². The molecule has 0 aliphatic carbocycles. The second kappa shape index (κ2) is 11.6. The Labute approximate surface area is 210 Å². The number of aliphatic carboxylic acids is 1. The van der Waals surface area contributed by atoms with Gasteiger partial charge in [0.1, 0.15) is 5.82 Å². The van der Waals surface area contributed by atoms with Crippen LogP contribution in [0, 0.1) is 5.82 Å². The van der Waals surface area contributed by atoms with Gasteiger partial charge in [-0.3, -0.25) is 14.9 Å². The first-order valence-electron chi connectivity index (χ1n) is 10.4. The monoisotopic (exact) mass is 534 g/mol. The van der Waals surface area contributed by atoms with Crippen LogP contribution in [0.15, 0.2) is 77.7 Å². The van der Waals surface area contributed by atoms with Gasteiger partial charge in [-0.05, 0) is 60.7 Å². The number of amides is 2. The molecule has 3 N–H and O–H groups in total. The lowest BCUT2D eigenvalue weighted by molar-refractivity contribution is -0.136. The van der Waals surface area contributed by atoms with Crippen LogP contribution in [0.5, 0.6) is 0 Å². The molecule has 36 heavy (non-hydrogen) atoms. The number of ether oxygens (including phenoxy) is 1. The van der Waals surface area contributed by atoms with Crippen LogP contribution in [0.2, 0.25) is 5.02 Å². The molecule has 3 aromatic rings. The molecule has 12 heteroatoms. The Bertz CT molecular complexity index is 1360. The Balaban J connectivity index is 1.62. The van der Waals surface area contributed by atoms with E-state index in [0.29, 0.717) is 10.6 Å². The summed E-state index contributed by atoms with van der Waals surface area (Å²) in [5.74, 6) is -2.78. The fourth-order valence-corrected chi connectivity index (χ4v) is 4.72. The van der Waals surface area contributed by atoms with Gasteiger partial charge in [0, 0.05) is 22.7 Å². The number of anilines is 2. The average Bonchev–Trinajstić information content (AvgIpc) is 2.83. The molecule has 188 valence electrons. The van der Waals surface area contributed by atoms with Gasteiger partial charge in [-0.15, -0.1) is 0 Å². The molecule has 0 bridgehead atoms. The lowest BCUT2D eigenvalue weighted by Gasteiger charge is -2.15. The SMILES string of the molecule is O=C(Nc1ccccc1F)OCCC(C(=O)O)S(=O)(=O)c1ccc(NC(=O)c2ccc(Cl)cc2)cc1. The largest absolute Gasteiger partial charge is 0.480 e. The van der Waals surface area contributed by atoms with E-state index in [2.05, 4.69) is 10.6 Å². The molecule has 0 heterocycles. The van der Waals surface area contributed by atoms with E-state index in [1.165, 1.54) is 42.5 Å². The fraction of sp³-hybridized carbons (Fsp3) is 0.125. The smallest absolute Gasteiger partial charge is 0.411 e. The Morgan fingerprint density at radius 1 is 0.944 bits per heavy atom. The third-order valence-electron chi connectivity index (χ3n) is 4.92. The molecular formula is C24H20ClFN2O7S. The highest BCUT2D eigenvalue weighted by Crippen LogP contribution is 2.22. The number of carbonyl (C=O) groups is 3. The van der Waals surface area contributed by atoms with Gasteiger partial charge in [-0.1, -0.05) is 23.7 Å². The molecule has 0 radical (unpaired) electrons. The van der Waals surface area contributed by atoms with Crippen LogP contribution in [-0.2, 0) is 19.4 Å². The summed E-state index contributed by atoms with van der Waals surface area (Å²) in [6.07, 6.45) is -1.61. The summed E-state index contributed by atoms with van der Waals surface area (Å²) >= 11 is 5.80. The molecule has 9 nitrogen and oxygen atoms in total. The molecule has 0 aliphatic rings. The van der Waals surface area contributed by atoms with E-state index in [0.717, 1.165) is 18.2 Å². The third-order valence-corrected chi connectivity index (χ3v) is 7.29. The first-order valence-corrected chi connectivity index (χ1v) is 12.3. The molecule has 1 unspecified atom stereocenters. The number of nitrogens with one attached hydrogen (secondary N) is 2. The van der Waals surface area contributed by atoms with Crippen LogP contribution < -0.4 is 10.6 Å². The van der Waals surface area contributed by atoms with Crippen molar-refractivity contribution in [3.8, 4) is 0 Å². The molecular weight excluding hydrogens is 515 g/mol. The van der Waals surface area contributed by atoms with Gasteiger partial charge in [0.2, 0.25) is 0 Å². The number of benzene rings is 3. The van der Waals surface area contributed by atoms with Crippen molar-refractivity contribution < 1.29 is 37.0 Å². The van der Waals surface area contributed by atoms with Gasteiger partial charge in [0.25, 0.3) is 5.91 Å². The van der Waals surface area contributed by atoms with E-state index < -0.39 is 51.9 Å². The zero-order valence-electron chi connectivity index (χ0n) is 18.5. The second-order valence-electron chi connectivity index (χ2n) is 7.39. The quantitative estimate of drug-likeness (QED) is 0.364. The van der Waals surface area contributed by atoms with Crippen LogP contribution in [0.1, 0.15) is 16.8 Å². The van der Waals surface area contributed by atoms with Crippen molar-refractivity contribution in [1.29, 1.82) is 0 Å². The lowest BCUT2D eigenvalue weighted by atomic mass is 10.2. The van der Waals surface area contributed by atoms with Crippen molar-refractivity contribution in [2.24, 2.45) is 0 Å². The predicted octanol–water partition coefficient (Wildman–Crippen LogP) is 4.60. The Hall–Kier alpha value is -3.96. The topological polar surface area (TPSA) is 139 Å². The normalized spacial score (nSPS) is 11.8. The van der Waals surface area contributed by atoms with Crippen LogP contribution in [0.25, 0.3) is 0 Å². The highest BCUT2D eigenvalue weighted by atomic mass is 35.5. The molecule has 2 amide bonds. The summed E-state index contributed by atoms with van der Waals surface area (Å²) in [6.45, 7) is -0.550. The van der Waals surface area contributed by atoms with Crippen LogP contribution in [0.4, 0.5) is 20.6 Å². The number of carboxylic acid groups (broad SMARTS) is 1. The van der Waals surface area contributed by atoms with Crippen LogP contribution in [0.3, 0.4) is 0 Å². The summed E-state index contributed by atoms with van der Waals surface area (Å²) in [4.78, 5) is 35.5. The van der Waals surface area contributed by atoms with Crippen molar-refractivity contribution in [1.82, 2.24) is 0 Å². The zero-order chi connectivity index (χ0) is 26.3. The summed E-state index contributed by atoms with van der Waals surface area (Å²) < 4.78 is 44.2. The maximum atomic E-state index is 13.6. The number of carboxylic acids is 1. The molecule has 0 aromatic heterocycles. The van der Waals surface area contributed by atoms with Crippen molar-refractivity contribution in [2.75, 3.05) is 17.2 Å². The lowest BCUT2D eigenvalue weighted by Crippen LogP contribution is -2.32. The number of para-hydroxylation sites is 1. The van der Waals surface area contributed by atoms with Crippen LogP contribution >= 0.6 is 11.6 Å². The zero-order valence-corrected chi connectivity index (χ0v) is 20.1. The molecule has 0 saturated carbocycles. The summed E-state index contributed by atoms with van der Waals surface area (Å²) in [5, 5.41) is 12.8. The van der Waals surface area contributed by atoms with Gasteiger partial charge in [-0.25, -0.2) is 17.6 Å². The van der Waals surface area contributed by atoms with Gasteiger partial charge >= 0.3 is 12.1 Å². The standard InChI is InChI=1S/C24H20ClFN2O7S/c25-16-7-5-15(6-8-16)22(29)27-17-9-11-18(12-10-17)36(33,34)21(23(30)31)13-14-35-24(32)28-20-4-2-1-3-19(20)26/h1-12,21H,13-14H2,(H,27,29)(H,28,32)(H,30,31). The fourth-order valence-electron chi connectivity index (χ4n) is 3.08. The highest BCUT2D eigenvalue weighted by molar-refractivity contribution is 7.92. The number of rotatable bonds is 9. The first-order chi connectivity index (χ1) is 17.1. The maximum Gasteiger partial charge on any atom is 0.411 e. The number of carbonyl (C=O) groups excluding carboxylic acids is 2. The van der Waals surface area contributed by atoms with E-state index in [4.69, 9.17) is 16.3 Å². The van der Waals surface area contributed by atoms with E-state index >= 15 is 0 Å². The summed E-state index contributed by atoms with van der Waals surface area (Å²) in [7, 11) is -4.36. The van der Waals surface area contributed by atoms with E-state index in [-0.39, 0.29) is 16.3 Å². The molecule has 0 saturated heterocycles. The minimum atomic E-state index is -4.36. The van der Waals surface area contributed by atoms with E-state index in [1.807, 2.05) is 0 Å². The van der Waals surface area contributed by atoms with Gasteiger partial charge in [-0.2, -0.15) is 0 Å². The number of sulfone groups is 1. The van der Waals surface area contributed by atoms with Gasteiger partial charge < -0.3 is 15.2 Å². The van der Waals surface area contributed by atoms with Crippen molar-refractivity contribution in [3.63, 3.8) is 0 Å². The van der Waals surface area contributed by atoms with Gasteiger partial charge in [0.15, 0.2) is 15.1 Å². The molecule has 0 fully saturated rings. The maximum absolute atomic E-state index is 13.6.